The van der Waals surface area contributed by atoms with Crippen LogP contribution in [0.3, 0.4) is 0 Å². The van der Waals surface area contributed by atoms with Crippen molar-refractivity contribution >= 4 is 33.4 Å². The highest BCUT2D eigenvalue weighted by atomic mass is 79.9. The summed E-state index contributed by atoms with van der Waals surface area (Å²) in [7, 11) is 0. The van der Waals surface area contributed by atoms with Crippen molar-refractivity contribution in [2.45, 2.75) is 25.9 Å². The number of hydrogen-bond acceptors (Lipinski definition) is 2. The maximum Gasteiger partial charge on any atom is 0.255 e. The Kier molecular flexibility index (Phi) is 5.25. The van der Waals surface area contributed by atoms with Crippen LogP contribution in [0.15, 0.2) is 22.7 Å². The fraction of sp³-hybridized carbons (Fsp3) is 0.500. The van der Waals surface area contributed by atoms with Gasteiger partial charge in [0.25, 0.3) is 5.91 Å². The third-order valence-electron chi connectivity index (χ3n) is 3.23. The van der Waals surface area contributed by atoms with Gasteiger partial charge in [-0.2, -0.15) is 0 Å². The fourth-order valence-corrected chi connectivity index (χ4v) is 2.91. The highest BCUT2D eigenvalue weighted by Gasteiger charge is 2.25. The van der Waals surface area contributed by atoms with E-state index in [0.717, 1.165) is 23.9 Å². The van der Waals surface area contributed by atoms with Gasteiger partial charge in [-0.15, -0.1) is 0 Å². The Balaban J connectivity index is 2.12. The number of piperidine rings is 1. The second kappa shape index (κ2) is 6.73. The van der Waals surface area contributed by atoms with Crippen molar-refractivity contribution < 1.29 is 9.53 Å². The minimum atomic E-state index is 0.0128. The fourth-order valence-electron chi connectivity index (χ4n) is 2.33. The van der Waals surface area contributed by atoms with Gasteiger partial charge in [0.15, 0.2) is 0 Å². The monoisotopic (exact) mass is 345 g/mol. The summed E-state index contributed by atoms with van der Waals surface area (Å²) in [4.78, 5) is 14.4. The number of rotatable bonds is 3. The molecule has 0 aliphatic carbocycles. The number of ether oxygens (including phenoxy) is 1. The van der Waals surface area contributed by atoms with Crippen LogP contribution in [0.25, 0.3) is 0 Å². The minimum absolute atomic E-state index is 0.0128. The van der Waals surface area contributed by atoms with Gasteiger partial charge in [-0.25, -0.2) is 0 Å². The van der Waals surface area contributed by atoms with Crippen LogP contribution in [0, 0.1) is 0 Å². The van der Waals surface area contributed by atoms with Crippen molar-refractivity contribution in [3.8, 4) is 0 Å². The Morgan fingerprint density at radius 3 is 3.11 bits per heavy atom. The summed E-state index contributed by atoms with van der Waals surface area (Å²) in [6.07, 6.45) is 2.16. The maximum atomic E-state index is 12.5. The maximum absolute atomic E-state index is 12.5. The Labute approximate surface area is 127 Å². The predicted molar refractivity (Wildman–Crippen MR) is 79.7 cm³/mol. The Hall–Kier alpha value is -0.580. The van der Waals surface area contributed by atoms with E-state index in [1.165, 1.54) is 0 Å². The van der Waals surface area contributed by atoms with E-state index in [9.17, 15) is 4.79 Å². The van der Waals surface area contributed by atoms with E-state index < -0.39 is 0 Å². The van der Waals surface area contributed by atoms with Gasteiger partial charge in [0.1, 0.15) is 0 Å². The molecule has 1 heterocycles. The van der Waals surface area contributed by atoms with Crippen LogP contribution in [0.1, 0.15) is 30.1 Å². The van der Waals surface area contributed by atoms with E-state index in [1.807, 2.05) is 11.8 Å². The molecule has 0 radical (unpaired) electrons. The van der Waals surface area contributed by atoms with Crippen LogP contribution in [0.5, 0.6) is 0 Å². The minimum Gasteiger partial charge on any atom is -0.377 e. The van der Waals surface area contributed by atoms with Gasteiger partial charge < -0.3 is 9.64 Å². The van der Waals surface area contributed by atoms with E-state index in [2.05, 4.69) is 15.9 Å². The predicted octanol–water partition coefficient (Wildman–Crippen LogP) is 3.74. The summed E-state index contributed by atoms with van der Waals surface area (Å²) >= 11 is 9.37. The highest BCUT2D eigenvalue weighted by molar-refractivity contribution is 9.10. The molecule has 0 aromatic heterocycles. The van der Waals surface area contributed by atoms with Crippen molar-refractivity contribution in [2.24, 2.45) is 0 Å². The van der Waals surface area contributed by atoms with Gasteiger partial charge in [-0.3, -0.25) is 4.79 Å². The first-order valence-electron chi connectivity index (χ1n) is 6.47. The average molecular weight is 347 g/mol. The summed E-state index contributed by atoms with van der Waals surface area (Å²) in [5, 5.41) is 0.574. The van der Waals surface area contributed by atoms with E-state index in [0.29, 0.717) is 23.7 Å². The third-order valence-corrected chi connectivity index (χ3v) is 4.15. The van der Waals surface area contributed by atoms with Crippen molar-refractivity contribution in [2.75, 3.05) is 19.7 Å². The zero-order valence-electron chi connectivity index (χ0n) is 10.9. The van der Waals surface area contributed by atoms with Crippen LogP contribution >= 0.6 is 27.5 Å². The van der Waals surface area contributed by atoms with Crippen molar-refractivity contribution in [3.63, 3.8) is 0 Å². The highest BCUT2D eigenvalue weighted by Crippen LogP contribution is 2.24. The molecule has 1 aliphatic rings. The number of likely N-dealkylation sites (tertiary alicyclic amines) is 1. The van der Waals surface area contributed by atoms with E-state index in [1.54, 1.807) is 18.2 Å². The smallest absolute Gasteiger partial charge is 0.255 e. The normalized spacial score (nSPS) is 19.5. The van der Waals surface area contributed by atoms with Crippen LogP contribution in [0.2, 0.25) is 5.02 Å². The molecule has 1 atom stereocenters. The molecular weight excluding hydrogens is 330 g/mol. The first-order chi connectivity index (χ1) is 9.11. The van der Waals surface area contributed by atoms with Crippen molar-refractivity contribution in [1.29, 1.82) is 0 Å². The SMILES string of the molecule is CCOC1CCCN(C(=O)c2cc(Cl)ccc2Br)C1. The van der Waals surface area contributed by atoms with Crippen LogP contribution in [-0.2, 0) is 4.74 Å². The lowest BCUT2D eigenvalue weighted by molar-refractivity contribution is 0.00721. The van der Waals surface area contributed by atoms with Crippen LogP contribution in [0.4, 0.5) is 0 Å². The van der Waals surface area contributed by atoms with E-state index >= 15 is 0 Å². The molecule has 19 heavy (non-hydrogen) atoms. The van der Waals surface area contributed by atoms with E-state index in [4.69, 9.17) is 16.3 Å². The largest absolute Gasteiger partial charge is 0.377 e. The van der Waals surface area contributed by atoms with E-state index in [-0.39, 0.29) is 12.0 Å². The number of carbonyl (C=O) groups is 1. The topological polar surface area (TPSA) is 29.5 Å². The number of halogens is 2. The molecule has 0 spiro atoms. The molecule has 3 nitrogen and oxygen atoms in total. The molecule has 5 heteroatoms. The first-order valence-corrected chi connectivity index (χ1v) is 7.65. The summed E-state index contributed by atoms with van der Waals surface area (Å²) in [6.45, 7) is 4.11. The first kappa shape index (κ1) is 14.8. The quantitative estimate of drug-likeness (QED) is 0.834. The molecule has 1 fully saturated rings. The Morgan fingerprint density at radius 2 is 2.37 bits per heavy atom. The van der Waals surface area contributed by atoms with Gasteiger partial charge in [0, 0.05) is 29.2 Å². The molecule has 1 saturated heterocycles. The molecule has 1 aromatic rings. The summed E-state index contributed by atoms with van der Waals surface area (Å²) in [6, 6.07) is 5.28. The number of amides is 1. The molecule has 104 valence electrons. The van der Waals surface area contributed by atoms with Crippen LogP contribution in [-0.4, -0.2) is 36.6 Å². The standard InChI is InChI=1S/C14H17BrClNO2/c1-2-19-11-4-3-7-17(9-11)14(18)12-8-10(16)5-6-13(12)15/h5-6,8,11H,2-4,7,9H2,1H3. The number of benzene rings is 1. The van der Waals surface area contributed by atoms with Crippen molar-refractivity contribution in [1.82, 2.24) is 4.90 Å². The Morgan fingerprint density at radius 1 is 1.58 bits per heavy atom. The molecule has 1 unspecified atom stereocenters. The zero-order chi connectivity index (χ0) is 13.8. The summed E-state index contributed by atoms with van der Waals surface area (Å²) in [5.41, 5.74) is 0.615. The lowest BCUT2D eigenvalue weighted by Gasteiger charge is -2.32. The van der Waals surface area contributed by atoms with Gasteiger partial charge in [0.05, 0.1) is 11.7 Å². The average Bonchev–Trinajstić information content (AvgIpc) is 2.41. The third kappa shape index (κ3) is 3.71. The van der Waals surface area contributed by atoms with Gasteiger partial charge in [-0.1, -0.05) is 11.6 Å². The molecule has 1 amide bonds. The number of nitrogens with zero attached hydrogens (tertiary/aromatic N) is 1. The lowest BCUT2D eigenvalue weighted by atomic mass is 10.1. The van der Waals surface area contributed by atoms with Gasteiger partial charge in [0.2, 0.25) is 0 Å². The number of hydrogen-bond donors (Lipinski definition) is 0. The molecule has 0 bridgehead atoms. The second-order valence-electron chi connectivity index (χ2n) is 4.59. The summed E-state index contributed by atoms with van der Waals surface area (Å²) in [5.74, 6) is 0.0128. The molecule has 0 saturated carbocycles. The summed E-state index contributed by atoms with van der Waals surface area (Å²) < 4.78 is 6.40. The van der Waals surface area contributed by atoms with Gasteiger partial charge >= 0.3 is 0 Å². The molecule has 1 aromatic carbocycles. The molecule has 2 rings (SSSR count). The second-order valence-corrected chi connectivity index (χ2v) is 5.89. The van der Waals surface area contributed by atoms with Crippen molar-refractivity contribution in [3.05, 3.63) is 33.3 Å². The lowest BCUT2D eigenvalue weighted by Crippen LogP contribution is -2.43. The number of carbonyl (C=O) groups excluding carboxylic acids is 1. The molecule has 1 aliphatic heterocycles. The zero-order valence-corrected chi connectivity index (χ0v) is 13.2. The molecular formula is C14H17BrClNO2. The Bertz CT molecular complexity index is 465. The van der Waals surface area contributed by atoms with Gasteiger partial charge in [-0.05, 0) is 53.9 Å². The van der Waals surface area contributed by atoms with Crippen LogP contribution < -0.4 is 0 Å². The molecule has 0 N–H and O–H groups in total.